The molecule has 7 heteroatoms. The number of methoxy groups -OCH3 is 1. The second-order valence-corrected chi connectivity index (χ2v) is 7.00. The molecule has 156 valence electrons. The molecular weight excluding hydrogens is 399 g/mol. The van der Waals surface area contributed by atoms with Gasteiger partial charge in [-0.25, -0.2) is 4.39 Å². The molecule has 2 aromatic carbocycles. The molecule has 0 radical (unpaired) electrons. The molecule has 1 atom stereocenters. The van der Waals surface area contributed by atoms with Crippen LogP contribution in [0.1, 0.15) is 22.9 Å². The Morgan fingerprint density at radius 1 is 1.06 bits per heavy atom. The van der Waals surface area contributed by atoms with Crippen LogP contribution in [0.25, 0.3) is 5.76 Å². The lowest BCUT2D eigenvalue weighted by molar-refractivity contribution is -0.140. The van der Waals surface area contributed by atoms with Gasteiger partial charge in [0.05, 0.1) is 36.5 Å². The lowest BCUT2D eigenvalue weighted by atomic mass is 9.95. The van der Waals surface area contributed by atoms with Gasteiger partial charge in [0.25, 0.3) is 11.7 Å². The summed E-state index contributed by atoms with van der Waals surface area (Å²) in [6, 6.07) is 16.5. The topological polar surface area (TPSA) is 79.7 Å². The van der Waals surface area contributed by atoms with Crippen LogP contribution in [0.3, 0.4) is 0 Å². The number of nitrogens with zero attached hydrogens (tertiary/aromatic N) is 2. The number of aromatic nitrogens is 1. The van der Waals surface area contributed by atoms with Crippen LogP contribution in [0.5, 0.6) is 5.75 Å². The Balaban J connectivity index is 1.89. The molecule has 1 N–H and O–H groups in total. The summed E-state index contributed by atoms with van der Waals surface area (Å²) in [5.74, 6) is -2.04. The number of halogens is 1. The van der Waals surface area contributed by atoms with Crippen LogP contribution >= 0.6 is 0 Å². The Morgan fingerprint density at radius 2 is 1.77 bits per heavy atom. The molecule has 31 heavy (non-hydrogen) atoms. The van der Waals surface area contributed by atoms with E-state index in [0.29, 0.717) is 17.0 Å². The maximum atomic E-state index is 13.6. The van der Waals surface area contributed by atoms with Gasteiger partial charge < -0.3 is 14.7 Å². The van der Waals surface area contributed by atoms with E-state index in [0.717, 1.165) is 0 Å². The first-order chi connectivity index (χ1) is 15.0. The molecule has 1 aliphatic rings. The molecule has 1 saturated heterocycles. The summed E-state index contributed by atoms with van der Waals surface area (Å²) in [7, 11) is 1.45. The first kappa shape index (κ1) is 20.3. The standard InChI is InChI=1S/C24H19FN2O4/c1-31-19-8-3-2-7-18(19)22(28)20-21(15-9-11-16(25)12-10-15)27(24(30)23(20)29)14-17-6-4-5-13-26-17/h2-13,21,28H,14H2,1H3/b22-20-. The molecular formula is C24H19FN2O4. The summed E-state index contributed by atoms with van der Waals surface area (Å²) >= 11 is 0. The Kier molecular flexibility index (Phi) is 5.49. The van der Waals surface area contributed by atoms with E-state index in [9.17, 15) is 19.1 Å². The quantitative estimate of drug-likeness (QED) is 0.387. The Labute approximate surface area is 178 Å². The van der Waals surface area contributed by atoms with Crippen molar-refractivity contribution in [3.05, 3.63) is 101 Å². The van der Waals surface area contributed by atoms with Gasteiger partial charge in [0.1, 0.15) is 17.3 Å². The fourth-order valence-electron chi connectivity index (χ4n) is 3.69. The van der Waals surface area contributed by atoms with Crippen LogP contribution in [-0.2, 0) is 16.1 Å². The molecule has 4 rings (SSSR count). The smallest absolute Gasteiger partial charge is 0.296 e. The van der Waals surface area contributed by atoms with E-state index in [-0.39, 0.29) is 23.4 Å². The van der Waals surface area contributed by atoms with E-state index in [2.05, 4.69) is 4.98 Å². The number of likely N-dealkylation sites (tertiary alicyclic amines) is 1. The summed E-state index contributed by atoms with van der Waals surface area (Å²) in [5, 5.41) is 11.1. The van der Waals surface area contributed by atoms with Crippen LogP contribution in [0, 0.1) is 5.82 Å². The number of carbonyl (C=O) groups excluding carboxylic acids is 2. The average Bonchev–Trinajstić information content (AvgIpc) is 3.04. The summed E-state index contributed by atoms with van der Waals surface area (Å²) in [6.07, 6.45) is 1.59. The minimum atomic E-state index is -0.910. The predicted molar refractivity (Wildman–Crippen MR) is 111 cm³/mol. The zero-order valence-electron chi connectivity index (χ0n) is 16.7. The van der Waals surface area contributed by atoms with Crippen molar-refractivity contribution < 1.29 is 23.8 Å². The third-order valence-corrected chi connectivity index (χ3v) is 5.15. The van der Waals surface area contributed by atoms with Gasteiger partial charge in [0, 0.05) is 6.20 Å². The van der Waals surface area contributed by atoms with Crippen LogP contribution in [0.4, 0.5) is 4.39 Å². The number of hydrogen-bond donors (Lipinski definition) is 1. The van der Waals surface area contributed by atoms with Crippen molar-refractivity contribution in [3.63, 3.8) is 0 Å². The van der Waals surface area contributed by atoms with Crippen molar-refractivity contribution in [2.75, 3.05) is 7.11 Å². The summed E-state index contributed by atoms with van der Waals surface area (Å²) in [4.78, 5) is 31.6. The lowest BCUT2D eigenvalue weighted by Gasteiger charge is -2.25. The Bertz CT molecular complexity index is 1160. The second kappa shape index (κ2) is 8.39. The molecule has 3 aromatic rings. The molecule has 1 aliphatic heterocycles. The zero-order valence-corrected chi connectivity index (χ0v) is 16.7. The van der Waals surface area contributed by atoms with Crippen molar-refractivity contribution in [2.45, 2.75) is 12.6 Å². The number of ether oxygens (including phenoxy) is 1. The fourth-order valence-corrected chi connectivity index (χ4v) is 3.69. The molecule has 0 bridgehead atoms. The number of rotatable bonds is 5. The number of benzene rings is 2. The van der Waals surface area contributed by atoms with Gasteiger partial charge in [-0.2, -0.15) is 0 Å². The monoisotopic (exact) mass is 418 g/mol. The van der Waals surface area contributed by atoms with Crippen LogP contribution in [0.15, 0.2) is 78.5 Å². The highest BCUT2D eigenvalue weighted by molar-refractivity contribution is 6.46. The molecule has 1 fully saturated rings. The molecule has 0 aliphatic carbocycles. The molecule has 1 aromatic heterocycles. The highest BCUT2D eigenvalue weighted by Crippen LogP contribution is 2.41. The number of carbonyl (C=O) groups is 2. The van der Waals surface area contributed by atoms with Crippen molar-refractivity contribution in [1.29, 1.82) is 0 Å². The number of ketones is 1. The highest BCUT2D eigenvalue weighted by Gasteiger charge is 2.46. The van der Waals surface area contributed by atoms with E-state index < -0.39 is 23.5 Å². The minimum absolute atomic E-state index is 0.0517. The first-order valence-electron chi connectivity index (χ1n) is 9.58. The number of hydrogen-bond acceptors (Lipinski definition) is 5. The van der Waals surface area contributed by atoms with Gasteiger partial charge in [-0.3, -0.25) is 14.6 Å². The van der Waals surface area contributed by atoms with Gasteiger partial charge in [0.15, 0.2) is 0 Å². The maximum Gasteiger partial charge on any atom is 0.296 e. The van der Waals surface area contributed by atoms with Crippen LogP contribution < -0.4 is 4.74 Å². The molecule has 1 unspecified atom stereocenters. The summed E-state index contributed by atoms with van der Waals surface area (Å²) in [6.45, 7) is 0.0517. The van der Waals surface area contributed by atoms with Crippen LogP contribution in [-0.4, -0.2) is 33.8 Å². The van der Waals surface area contributed by atoms with E-state index in [1.165, 1.54) is 36.3 Å². The Hall–Kier alpha value is -4.00. The lowest BCUT2D eigenvalue weighted by Crippen LogP contribution is -2.29. The van der Waals surface area contributed by atoms with Crippen molar-refractivity contribution in [2.24, 2.45) is 0 Å². The first-order valence-corrected chi connectivity index (χ1v) is 9.58. The van der Waals surface area contributed by atoms with E-state index in [1.807, 2.05) is 0 Å². The SMILES string of the molecule is COc1ccccc1/C(O)=C1/C(=O)C(=O)N(Cc2ccccn2)C1c1ccc(F)cc1. The number of para-hydroxylation sites is 1. The molecule has 1 amide bonds. The normalized spacial score (nSPS) is 17.7. The third kappa shape index (κ3) is 3.77. The van der Waals surface area contributed by atoms with E-state index >= 15 is 0 Å². The van der Waals surface area contributed by atoms with E-state index in [4.69, 9.17) is 4.74 Å². The number of Topliss-reactive ketones (excluding diaryl/α,β-unsaturated/α-hetero) is 1. The summed E-state index contributed by atoms with van der Waals surface area (Å²) < 4.78 is 18.9. The van der Waals surface area contributed by atoms with Gasteiger partial charge >= 0.3 is 0 Å². The summed E-state index contributed by atoms with van der Waals surface area (Å²) in [5.41, 5.74) is 1.27. The van der Waals surface area contributed by atoms with Gasteiger partial charge in [-0.1, -0.05) is 30.3 Å². The molecule has 0 spiro atoms. The minimum Gasteiger partial charge on any atom is -0.507 e. The fraction of sp³-hybridized carbons (Fsp3) is 0.125. The van der Waals surface area contributed by atoms with Gasteiger partial charge in [-0.05, 0) is 42.0 Å². The zero-order chi connectivity index (χ0) is 22.0. The second-order valence-electron chi connectivity index (χ2n) is 7.00. The highest BCUT2D eigenvalue weighted by atomic mass is 19.1. The van der Waals surface area contributed by atoms with Crippen molar-refractivity contribution >= 4 is 17.4 Å². The Morgan fingerprint density at radius 3 is 2.45 bits per heavy atom. The van der Waals surface area contributed by atoms with E-state index in [1.54, 1.807) is 48.7 Å². The number of aliphatic hydroxyl groups is 1. The van der Waals surface area contributed by atoms with Gasteiger partial charge in [0.2, 0.25) is 0 Å². The molecule has 2 heterocycles. The molecule has 6 nitrogen and oxygen atoms in total. The maximum absolute atomic E-state index is 13.6. The van der Waals surface area contributed by atoms with Crippen molar-refractivity contribution in [3.8, 4) is 5.75 Å². The average molecular weight is 418 g/mol. The predicted octanol–water partition coefficient (Wildman–Crippen LogP) is 3.85. The number of amides is 1. The van der Waals surface area contributed by atoms with Crippen LogP contribution in [0.2, 0.25) is 0 Å². The number of aliphatic hydroxyl groups excluding tert-OH is 1. The largest absolute Gasteiger partial charge is 0.507 e. The van der Waals surface area contributed by atoms with Crippen molar-refractivity contribution in [1.82, 2.24) is 9.88 Å². The third-order valence-electron chi connectivity index (χ3n) is 5.15. The number of pyridine rings is 1. The molecule has 0 saturated carbocycles. The van der Waals surface area contributed by atoms with Gasteiger partial charge in [-0.15, -0.1) is 0 Å².